The maximum Gasteiger partial charge on any atom is 0.246 e. The SMILES string of the molecule is Cn1cc(S(=O)(=O)N2C[C@H]3CC[C@@H](C2)N(Cc2ccccc2)C3)cn1. The zero-order chi connectivity index (χ0) is 17.4. The van der Waals surface area contributed by atoms with Crippen LogP contribution in [-0.2, 0) is 23.6 Å². The maximum atomic E-state index is 13.0. The number of benzene rings is 1. The van der Waals surface area contributed by atoms with Crippen molar-refractivity contribution >= 4 is 10.0 Å². The molecule has 0 unspecified atom stereocenters. The van der Waals surface area contributed by atoms with Crippen molar-refractivity contribution < 1.29 is 8.42 Å². The summed E-state index contributed by atoms with van der Waals surface area (Å²) in [6.07, 6.45) is 5.21. The van der Waals surface area contributed by atoms with E-state index >= 15 is 0 Å². The van der Waals surface area contributed by atoms with E-state index in [1.807, 2.05) is 6.07 Å². The lowest BCUT2D eigenvalue weighted by atomic mass is 9.94. The number of nitrogens with zero attached hydrogens (tertiary/aromatic N) is 4. The number of aryl methyl sites for hydroxylation is 1. The maximum absolute atomic E-state index is 13.0. The lowest BCUT2D eigenvalue weighted by Crippen LogP contribution is -2.43. The van der Waals surface area contributed by atoms with E-state index in [1.54, 1.807) is 22.2 Å². The molecule has 1 aromatic heterocycles. The van der Waals surface area contributed by atoms with Gasteiger partial charge < -0.3 is 0 Å². The van der Waals surface area contributed by atoms with E-state index < -0.39 is 10.0 Å². The molecule has 25 heavy (non-hydrogen) atoms. The summed E-state index contributed by atoms with van der Waals surface area (Å²) >= 11 is 0. The third-order valence-electron chi connectivity index (χ3n) is 5.34. The van der Waals surface area contributed by atoms with Gasteiger partial charge in [0.05, 0.1) is 6.20 Å². The Hall–Kier alpha value is -1.70. The van der Waals surface area contributed by atoms with E-state index in [0.717, 1.165) is 25.9 Å². The third-order valence-corrected chi connectivity index (χ3v) is 7.13. The highest BCUT2D eigenvalue weighted by Gasteiger charge is 2.39. The topological polar surface area (TPSA) is 58.4 Å². The van der Waals surface area contributed by atoms with Gasteiger partial charge in [-0.05, 0) is 24.3 Å². The average molecular weight is 360 g/mol. The van der Waals surface area contributed by atoms with Crippen LogP contribution in [0.25, 0.3) is 0 Å². The van der Waals surface area contributed by atoms with Crippen LogP contribution in [0.3, 0.4) is 0 Å². The van der Waals surface area contributed by atoms with E-state index in [9.17, 15) is 8.42 Å². The zero-order valence-corrected chi connectivity index (χ0v) is 15.3. The van der Waals surface area contributed by atoms with Crippen LogP contribution in [0.1, 0.15) is 18.4 Å². The van der Waals surface area contributed by atoms with Gasteiger partial charge in [0.2, 0.25) is 10.0 Å². The molecule has 4 heterocycles. The average Bonchev–Trinajstić information content (AvgIpc) is 2.84. The first-order valence-corrected chi connectivity index (χ1v) is 10.2. The first-order chi connectivity index (χ1) is 12.0. The van der Waals surface area contributed by atoms with Gasteiger partial charge in [0.1, 0.15) is 4.90 Å². The van der Waals surface area contributed by atoms with Crippen LogP contribution < -0.4 is 0 Å². The van der Waals surface area contributed by atoms with Crippen molar-refractivity contribution in [2.45, 2.75) is 30.3 Å². The molecule has 3 fully saturated rings. The molecule has 3 aliphatic heterocycles. The van der Waals surface area contributed by atoms with E-state index in [0.29, 0.717) is 23.9 Å². The minimum atomic E-state index is -3.46. The fourth-order valence-electron chi connectivity index (χ4n) is 4.02. The minimum absolute atomic E-state index is 0.283. The molecule has 0 spiro atoms. The molecule has 0 saturated carbocycles. The highest BCUT2D eigenvalue weighted by atomic mass is 32.2. The highest BCUT2D eigenvalue weighted by molar-refractivity contribution is 7.89. The first kappa shape index (κ1) is 16.8. The van der Waals surface area contributed by atoms with Crippen molar-refractivity contribution in [1.82, 2.24) is 19.0 Å². The number of sulfonamides is 1. The van der Waals surface area contributed by atoms with Gasteiger partial charge in [-0.3, -0.25) is 9.58 Å². The molecule has 0 aliphatic carbocycles. The van der Waals surface area contributed by atoms with Crippen molar-refractivity contribution in [2.24, 2.45) is 13.0 Å². The Balaban J connectivity index is 1.55. The molecule has 3 saturated heterocycles. The Labute approximate surface area is 149 Å². The van der Waals surface area contributed by atoms with Crippen molar-refractivity contribution in [3.8, 4) is 0 Å². The molecule has 7 heteroatoms. The summed E-state index contributed by atoms with van der Waals surface area (Å²) in [6, 6.07) is 10.7. The summed E-state index contributed by atoms with van der Waals surface area (Å²) in [7, 11) is -1.72. The highest BCUT2D eigenvalue weighted by Crippen LogP contribution is 2.31. The monoisotopic (exact) mass is 360 g/mol. The number of hydrogen-bond acceptors (Lipinski definition) is 4. The van der Waals surface area contributed by atoms with E-state index in [1.165, 1.54) is 11.8 Å². The number of piperidine rings is 1. The van der Waals surface area contributed by atoms with Crippen molar-refractivity contribution in [3.05, 3.63) is 48.3 Å². The second-order valence-corrected chi connectivity index (χ2v) is 9.12. The van der Waals surface area contributed by atoms with Crippen LogP contribution in [-0.4, -0.2) is 53.1 Å². The van der Waals surface area contributed by atoms with E-state index in [2.05, 4.69) is 34.3 Å². The molecule has 2 bridgehead atoms. The molecule has 6 nitrogen and oxygen atoms in total. The second-order valence-electron chi connectivity index (χ2n) is 7.18. The summed E-state index contributed by atoms with van der Waals surface area (Å²) in [4.78, 5) is 2.76. The lowest BCUT2D eigenvalue weighted by Gasteiger charge is -2.36. The summed E-state index contributed by atoms with van der Waals surface area (Å²) in [6.45, 7) is 3.04. The predicted molar refractivity (Wildman–Crippen MR) is 95.3 cm³/mol. The van der Waals surface area contributed by atoms with Crippen LogP contribution in [0.5, 0.6) is 0 Å². The van der Waals surface area contributed by atoms with Gasteiger partial charge >= 0.3 is 0 Å². The van der Waals surface area contributed by atoms with Gasteiger partial charge in [-0.1, -0.05) is 30.3 Å². The Morgan fingerprint density at radius 2 is 1.92 bits per heavy atom. The van der Waals surface area contributed by atoms with E-state index in [-0.39, 0.29) is 6.04 Å². The molecule has 3 aliphatic rings. The summed E-state index contributed by atoms with van der Waals surface area (Å²) in [5, 5.41) is 4.03. The van der Waals surface area contributed by atoms with E-state index in [4.69, 9.17) is 0 Å². The quantitative estimate of drug-likeness (QED) is 0.833. The Morgan fingerprint density at radius 3 is 2.64 bits per heavy atom. The number of rotatable bonds is 4. The van der Waals surface area contributed by atoms with Gasteiger partial charge in [-0.15, -0.1) is 0 Å². The molecular weight excluding hydrogens is 336 g/mol. The standard InChI is InChI=1S/C18H24N4O2S/c1-20-14-18(9-19-20)25(23,24)22-12-16-7-8-17(13-22)21(11-16)10-15-5-3-2-4-6-15/h2-6,9,14,16-17H,7-8,10-13H2,1H3/t16-,17-/m0/s1. The first-order valence-electron chi connectivity index (χ1n) is 8.79. The van der Waals surface area contributed by atoms with Gasteiger partial charge in [-0.25, -0.2) is 8.42 Å². The molecule has 2 atom stereocenters. The van der Waals surface area contributed by atoms with Gasteiger partial charge in [-0.2, -0.15) is 9.40 Å². The fourth-order valence-corrected chi connectivity index (χ4v) is 5.56. The summed E-state index contributed by atoms with van der Waals surface area (Å²) < 4.78 is 29.2. The Morgan fingerprint density at radius 1 is 1.12 bits per heavy atom. The molecule has 0 radical (unpaired) electrons. The molecule has 5 rings (SSSR count). The summed E-state index contributed by atoms with van der Waals surface area (Å²) in [5.74, 6) is 0.397. The Bertz CT molecular complexity index is 834. The Kier molecular flexibility index (Phi) is 4.39. The van der Waals surface area contributed by atoms with Crippen LogP contribution in [0.2, 0.25) is 0 Å². The van der Waals surface area contributed by atoms with Gasteiger partial charge in [0.15, 0.2) is 0 Å². The number of hydrogen-bond donors (Lipinski definition) is 0. The zero-order valence-electron chi connectivity index (χ0n) is 14.5. The van der Waals surface area contributed by atoms with Crippen molar-refractivity contribution in [1.29, 1.82) is 0 Å². The van der Waals surface area contributed by atoms with Gasteiger partial charge in [0.25, 0.3) is 0 Å². The normalized spacial score (nSPS) is 25.2. The molecule has 1 aromatic carbocycles. The molecule has 2 aromatic rings. The third kappa shape index (κ3) is 3.36. The van der Waals surface area contributed by atoms with Crippen LogP contribution in [0.15, 0.2) is 47.6 Å². The number of aromatic nitrogens is 2. The largest absolute Gasteiger partial charge is 0.294 e. The smallest absolute Gasteiger partial charge is 0.246 e. The fraction of sp³-hybridized carbons (Fsp3) is 0.500. The van der Waals surface area contributed by atoms with Gasteiger partial charge in [0, 0.05) is 45.5 Å². The second kappa shape index (κ2) is 6.55. The lowest BCUT2D eigenvalue weighted by molar-refractivity contribution is 0.125. The van der Waals surface area contributed by atoms with Crippen LogP contribution in [0, 0.1) is 5.92 Å². The molecule has 0 amide bonds. The van der Waals surface area contributed by atoms with Crippen molar-refractivity contribution in [2.75, 3.05) is 19.6 Å². The minimum Gasteiger partial charge on any atom is -0.294 e. The molecule has 0 N–H and O–H groups in total. The number of fused-ring (bicyclic) bond motifs is 4. The molecule has 134 valence electrons. The summed E-state index contributed by atoms with van der Waals surface area (Å²) in [5.41, 5.74) is 1.29. The van der Waals surface area contributed by atoms with Crippen molar-refractivity contribution in [3.63, 3.8) is 0 Å². The van der Waals surface area contributed by atoms with Crippen LogP contribution >= 0.6 is 0 Å². The van der Waals surface area contributed by atoms with Crippen LogP contribution in [0.4, 0.5) is 0 Å². The molecular formula is C18H24N4O2S. The predicted octanol–water partition coefficient (Wildman–Crippen LogP) is 1.71.